The lowest BCUT2D eigenvalue weighted by atomic mass is 10.1. The minimum absolute atomic E-state index is 0.0900. The van der Waals surface area contributed by atoms with Crippen LogP contribution in [-0.4, -0.2) is 52.4 Å². The second kappa shape index (κ2) is 9.70. The molecule has 0 spiro atoms. The molecule has 1 atom stereocenters. The van der Waals surface area contributed by atoms with Gasteiger partial charge in [0.25, 0.3) is 0 Å². The largest absolute Gasteiger partial charge is 0.573 e. The molecule has 2 aromatic carbocycles. The fourth-order valence-corrected chi connectivity index (χ4v) is 4.50. The summed E-state index contributed by atoms with van der Waals surface area (Å²) >= 11 is 5.74. The van der Waals surface area contributed by atoms with Gasteiger partial charge in [0.2, 0.25) is 10.0 Å². The molecule has 2 N–H and O–H groups in total. The molecule has 1 aliphatic heterocycles. The maximum Gasteiger partial charge on any atom is 0.573 e. The Morgan fingerprint density at radius 2 is 1.77 bits per heavy atom. The third kappa shape index (κ3) is 6.78. The molecule has 2 aromatic rings. The quantitative estimate of drug-likeness (QED) is 0.594. The van der Waals surface area contributed by atoms with Gasteiger partial charge in [0.15, 0.2) is 0 Å². The Morgan fingerprint density at radius 1 is 1.13 bits per heavy atom. The Labute approximate surface area is 182 Å². The third-order valence-electron chi connectivity index (χ3n) is 4.66. The number of piperazine rings is 1. The maximum atomic E-state index is 14.0. The second-order valence-electron chi connectivity index (χ2n) is 6.92. The van der Waals surface area contributed by atoms with Crippen LogP contribution in [0.3, 0.4) is 0 Å². The summed E-state index contributed by atoms with van der Waals surface area (Å²) in [7, 11) is -4.13. The fourth-order valence-electron chi connectivity index (χ4n) is 3.17. The first-order valence-electron chi connectivity index (χ1n) is 9.30. The number of ether oxygens (including phenoxy) is 1. The molecule has 6 nitrogen and oxygen atoms in total. The molecule has 0 bridgehead atoms. The summed E-state index contributed by atoms with van der Waals surface area (Å²) in [6, 6.07) is 7.07. The number of benzene rings is 2. The van der Waals surface area contributed by atoms with Gasteiger partial charge in [0.05, 0.1) is 16.0 Å². The standard InChI is InChI=1S/C19H20ClF4N3O3S/c20-16-6-1-13(11-17(16)21)18(12-27-9-7-25-8-10-27)26-31(28,29)15-4-2-14(3-5-15)30-19(22,23)24/h1-6,11,18,25-26H,7-10,12H2/t18-/m1/s1. The van der Waals surface area contributed by atoms with E-state index in [0.29, 0.717) is 18.7 Å². The smallest absolute Gasteiger partial charge is 0.406 e. The number of rotatable bonds is 7. The van der Waals surface area contributed by atoms with Gasteiger partial charge < -0.3 is 10.1 Å². The summed E-state index contributed by atoms with van der Waals surface area (Å²) in [5, 5.41) is 3.10. The van der Waals surface area contributed by atoms with Gasteiger partial charge in [-0.25, -0.2) is 17.5 Å². The lowest BCUT2D eigenvalue weighted by molar-refractivity contribution is -0.274. The first kappa shape index (κ1) is 23.7. The summed E-state index contributed by atoms with van der Waals surface area (Å²) in [6.45, 7) is 3.09. The molecule has 0 aliphatic carbocycles. The minimum Gasteiger partial charge on any atom is -0.406 e. The number of nitrogens with one attached hydrogen (secondary N) is 2. The van der Waals surface area contributed by atoms with Crippen LogP contribution in [0.4, 0.5) is 17.6 Å². The van der Waals surface area contributed by atoms with Crippen LogP contribution < -0.4 is 14.8 Å². The van der Waals surface area contributed by atoms with Crippen molar-refractivity contribution < 1.29 is 30.7 Å². The predicted octanol–water partition coefficient (Wildman–Crippen LogP) is 3.30. The van der Waals surface area contributed by atoms with Gasteiger partial charge in [-0.3, -0.25) is 4.90 Å². The van der Waals surface area contributed by atoms with Crippen molar-refractivity contribution in [2.75, 3.05) is 32.7 Å². The molecule has 0 amide bonds. The molecule has 170 valence electrons. The average Bonchev–Trinajstić information content (AvgIpc) is 2.69. The van der Waals surface area contributed by atoms with Crippen molar-refractivity contribution in [3.63, 3.8) is 0 Å². The van der Waals surface area contributed by atoms with Crippen molar-refractivity contribution in [1.29, 1.82) is 0 Å². The molecule has 0 aromatic heterocycles. The lowest BCUT2D eigenvalue weighted by Crippen LogP contribution is -2.47. The SMILES string of the molecule is O=S(=O)(N[C@H](CN1CCNCC1)c1ccc(Cl)c(F)c1)c1ccc(OC(F)(F)F)cc1. The Kier molecular flexibility index (Phi) is 7.43. The van der Waals surface area contributed by atoms with Gasteiger partial charge in [0, 0.05) is 32.7 Å². The highest BCUT2D eigenvalue weighted by Crippen LogP contribution is 2.26. The van der Waals surface area contributed by atoms with Crippen LogP contribution in [0, 0.1) is 5.82 Å². The molecular formula is C19H20ClF4N3O3S. The third-order valence-corrected chi connectivity index (χ3v) is 6.46. The van der Waals surface area contributed by atoms with E-state index < -0.39 is 34.0 Å². The Hall–Kier alpha value is -1.92. The van der Waals surface area contributed by atoms with Gasteiger partial charge in [-0.2, -0.15) is 0 Å². The Balaban J connectivity index is 1.83. The summed E-state index contributed by atoms with van der Waals surface area (Å²) in [4.78, 5) is 1.78. The van der Waals surface area contributed by atoms with Crippen molar-refractivity contribution in [3.05, 3.63) is 58.9 Å². The zero-order valence-electron chi connectivity index (χ0n) is 16.1. The zero-order chi connectivity index (χ0) is 22.6. The van der Waals surface area contributed by atoms with Crippen LogP contribution in [0.5, 0.6) is 5.75 Å². The molecule has 1 aliphatic rings. The minimum atomic E-state index is -4.88. The lowest BCUT2D eigenvalue weighted by Gasteiger charge is -2.31. The molecule has 1 fully saturated rings. The highest BCUT2D eigenvalue weighted by atomic mass is 35.5. The number of halogens is 5. The average molecular weight is 482 g/mol. The number of nitrogens with zero attached hydrogens (tertiary/aromatic N) is 1. The Morgan fingerprint density at radius 3 is 2.35 bits per heavy atom. The zero-order valence-corrected chi connectivity index (χ0v) is 17.7. The van der Waals surface area contributed by atoms with E-state index in [1.807, 2.05) is 4.90 Å². The summed E-state index contributed by atoms with van der Waals surface area (Å²) < 4.78 is 83.0. The van der Waals surface area contributed by atoms with E-state index in [0.717, 1.165) is 43.4 Å². The van der Waals surface area contributed by atoms with Crippen LogP contribution in [0.2, 0.25) is 5.02 Å². The van der Waals surface area contributed by atoms with E-state index in [2.05, 4.69) is 14.8 Å². The molecule has 1 saturated heterocycles. The molecular weight excluding hydrogens is 462 g/mol. The van der Waals surface area contributed by atoms with Gasteiger partial charge in [-0.15, -0.1) is 13.2 Å². The maximum absolute atomic E-state index is 14.0. The second-order valence-corrected chi connectivity index (χ2v) is 9.04. The molecule has 3 rings (SSSR count). The summed E-state index contributed by atoms with van der Waals surface area (Å²) in [6.07, 6.45) is -4.88. The highest BCUT2D eigenvalue weighted by molar-refractivity contribution is 7.89. The van der Waals surface area contributed by atoms with Crippen molar-refractivity contribution in [3.8, 4) is 5.75 Å². The van der Waals surface area contributed by atoms with Crippen LogP contribution in [0.1, 0.15) is 11.6 Å². The van der Waals surface area contributed by atoms with Gasteiger partial charge in [-0.05, 0) is 42.0 Å². The van der Waals surface area contributed by atoms with Crippen LogP contribution >= 0.6 is 11.6 Å². The molecule has 0 radical (unpaired) electrons. The Bertz CT molecular complexity index is 997. The normalized spacial score (nSPS) is 16.8. The van der Waals surface area contributed by atoms with Crippen molar-refractivity contribution in [1.82, 2.24) is 14.9 Å². The fraction of sp³-hybridized carbons (Fsp3) is 0.368. The molecule has 1 heterocycles. The van der Waals surface area contributed by atoms with Gasteiger partial charge >= 0.3 is 6.36 Å². The van der Waals surface area contributed by atoms with E-state index in [9.17, 15) is 26.0 Å². The van der Waals surface area contributed by atoms with Crippen molar-refractivity contribution in [2.45, 2.75) is 17.3 Å². The van der Waals surface area contributed by atoms with Crippen LogP contribution in [0.15, 0.2) is 47.4 Å². The predicted molar refractivity (Wildman–Crippen MR) is 107 cm³/mol. The molecule has 12 heteroatoms. The van der Waals surface area contributed by atoms with E-state index in [1.165, 1.54) is 12.1 Å². The summed E-state index contributed by atoms with van der Waals surface area (Å²) in [5.74, 6) is -1.22. The first-order chi connectivity index (χ1) is 14.5. The number of alkyl halides is 3. The number of hydrogen-bond acceptors (Lipinski definition) is 5. The first-order valence-corrected chi connectivity index (χ1v) is 11.2. The van der Waals surface area contributed by atoms with E-state index in [4.69, 9.17) is 11.6 Å². The van der Waals surface area contributed by atoms with E-state index in [1.54, 1.807) is 0 Å². The van der Waals surface area contributed by atoms with Gasteiger partial charge in [0.1, 0.15) is 11.6 Å². The van der Waals surface area contributed by atoms with Crippen molar-refractivity contribution in [2.24, 2.45) is 0 Å². The topological polar surface area (TPSA) is 70.7 Å². The number of hydrogen-bond donors (Lipinski definition) is 2. The van der Waals surface area contributed by atoms with E-state index >= 15 is 0 Å². The van der Waals surface area contributed by atoms with E-state index in [-0.39, 0.29) is 16.5 Å². The molecule has 0 saturated carbocycles. The van der Waals surface area contributed by atoms with Crippen LogP contribution in [0.25, 0.3) is 0 Å². The highest BCUT2D eigenvalue weighted by Gasteiger charge is 2.31. The molecule has 0 unspecified atom stereocenters. The monoisotopic (exact) mass is 481 g/mol. The summed E-state index contributed by atoms with van der Waals surface area (Å²) in [5.41, 5.74) is 0.376. The van der Waals surface area contributed by atoms with Gasteiger partial charge in [-0.1, -0.05) is 17.7 Å². The molecule has 31 heavy (non-hydrogen) atoms. The van der Waals surface area contributed by atoms with Crippen LogP contribution in [-0.2, 0) is 10.0 Å². The number of sulfonamides is 1. The van der Waals surface area contributed by atoms with Crippen molar-refractivity contribution >= 4 is 21.6 Å².